The zero-order valence-electron chi connectivity index (χ0n) is 18.3. The van der Waals surface area contributed by atoms with E-state index in [-0.39, 0.29) is 5.91 Å². The first-order chi connectivity index (χ1) is 14.9. The number of anilines is 1. The lowest BCUT2D eigenvalue weighted by Gasteiger charge is -2.33. The van der Waals surface area contributed by atoms with Crippen LogP contribution >= 0.6 is 0 Å². The van der Waals surface area contributed by atoms with Crippen molar-refractivity contribution >= 4 is 17.8 Å². The number of likely N-dealkylation sites (N-methyl/N-ethyl adjacent to an activating group) is 1. The van der Waals surface area contributed by atoms with Gasteiger partial charge in [0.2, 0.25) is 12.2 Å². The van der Waals surface area contributed by atoms with Crippen molar-refractivity contribution in [2.75, 3.05) is 52.8 Å². The summed E-state index contributed by atoms with van der Waals surface area (Å²) >= 11 is 0. The van der Waals surface area contributed by atoms with Gasteiger partial charge in [-0.3, -0.25) is 14.6 Å². The summed E-state index contributed by atoms with van der Waals surface area (Å²) in [5, 5.41) is 0. The summed E-state index contributed by atoms with van der Waals surface area (Å²) in [6.45, 7) is 2.20. The quantitative estimate of drug-likeness (QED) is 0.626. The highest BCUT2D eigenvalue weighted by Gasteiger charge is 2.26. The van der Waals surface area contributed by atoms with Crippen LogP contribution in [0.3, 0.4) is 0 Å². The van der Waals surface area contributed by atoms with Crippen molar-refractivity contribution in [3.05, 3.63) is 53.7 Å². The second-order valence-corrected chi connectivity index (χ2v) is 7.31. The van der Waals surface area contributed by atoms with Gasteiger partial charge in [-0.25, -0.2) is 9.78 Å². The van der Waals surface area contributed by atoms with E-state index in [1.54, 1.807) is 42.3 Å². The molecule has 0 saturated carbocycles. The van der Waals surface area contributed by atoms with Crippen LogP contribution in [0.5, 0.6) is 5.75 Å². The lowest BCUT2D eigenvalue weighted by Crippen LogP contribution is -2.48. The third kappa shape index (κ3) is 5.57. The maximum atomic E-state index is 12.6. The van der Waals surface area contributed by atoms with Gasteiger partial charge in [-0.1, -0.05) is 24.3 Å². The number of pyridine rings is 1. The summed E-state index contributed by atoms with van der Waals surface area (Å²) in [6.07, 6.45) is -1.31. The number of ether oxygens (including phenoxy) is 3. The lowest BCUT2D eigenvalue weighted by atomic mass is 10.1. The van der Waals surface area contributed by atoms with Crippen molar-refractivity contribution in [1.82, 2.24) is 14.8 Å². The van der Waals surface area contributed by atoms with Crippen LogP contribution in [0.25, 0.3) is 0 Å². The molecular formula is C22H28N4O5. The molecule has 2 aromatic rings. The topological polar surface area (TPSA) is 84.4 Å². The smallest absolute Gasteiger partial charge is 0.410 e. The van der Waals surface area contributed by atoms with Crippen molar-refractivity contribution in [3.8, 4) is 5.75 Å². The molecule has 1 aromatic heterocycles. The number of para-hydroxylation sites is 1. The van der Waals surface area contributed by atoms with E-state index >= 15 is 0 Å². The van der Waals surface area contributed by atoms with Gasteiger partial charge in [0.25, 0.3) is 0 Å². The number of hydrogen-bond donors (Lipinski definition) is 0. The summed E-state index contributed by atoms with van der Waals surface area (Å²) < 4.78 is 16.2. The third-order valence-corrected chi connectivity index (χ3v) is 5.09. The van der Waals surface area contributed by atoms with Gasteiger partial charge in [-0.2, -0.15) is 0 Å². The summed E-state index contributed by atoms with van der Waals surface area (Å²) in [5.41, 5.74) is 1.30. The second-order valence-electron chi connectivity index (χ2n) is 7.31. The Kier molecular flexibility index (Phi) is 7.56. The highest BCUT2D eigenvalue weighted by molar-refractivity contribution is 5.87. The number of rotatable bonds is 7. The molecule has 0 aliphatic carbocycles. The Bertz CT molecular complexity index is 904. The van der Waals surface area contributed by atoms with Gasteiger partial charge in [0.05, 0.1) is 6.54 Å². The number of carbonyl (C=O) groups excluding carboxylic acids is 2. The van der Waals surface area contributed by atoms with Gasteiger partial charge < -0.3 is 19.1 Å². The zero-order valence-corrected chi connectivity index (χ0v) is 18.3. The predicted octanol–water partition coefficient (Wildman–Crippen LogP) is 2.28. The Hall–Kier alpha value is -3.01. The highest BCUT2D eigenvalue weighted by atomic mass is 16.7. The molecule has 1 aliphatic rings. The zero-order chi connectivity index (χ0) is 22.4. The van der Waals surface area contributed by atoms with E-state index in [9.17, 15) is 9.59 Å². The molecule has 1 saturated heterocycles. The second kappa shape index (κ2) is 10.3. The standard InChI is InChI=1S/C22H28N4O5/c1-24-12-13-26(19(27)15-24)14-16-10-11-18(23-20(16)21(29-3)30-4)25(2)22(28)31-17-8-6-5-7-9-17/h5-11,21H,12-15H2,1-4H3. The summed E-state index contributed by atoms with van der Waals surface area (Å²) in [5.74, 6) is 0.874. The summed E-state index contributed by atoms with van der Waals surface area (Å²) in [7, 11) is 6.53. The number of hydrogen-bond acceptors (Lipinski definition) is 7. The maximum Gasteiger partial charge on any atom is 0.420 e. The average molecular weight is 428 g/mol. The number of piperazine rings is 1. The Balaban J connectivity index is 1.83. The fourth-order valence-corrected chi connectivity index (χ4v) is 3.29. The van der Waals surface area contributed by atoms with Crippen LogP contribution in [0, 0.1) is 0 Å². The van der Waals surface area contributed by atoms with E-state index in [1.165, 1.54) is 19.1 Å². The van der Waals surface area contributed by atoms with Crippen LogP contribution in [0.15, 0.2) is 42.5 Å². The number of methoxy groups -OCH3 is 2. The summed E-state index contributed by atoms with van der Waals surface area (Å²) in [6, 6.07) is 12.4. The minimum absolute atomic E-state index is 0.0544. The largest absolute Gasteiger partial charge is 0.420 e. The van der Waals surface area contributed by atoms with Gasteiger partial charge in [-0.05, 0) is 30.8 Å². The number of carbonyl (C=O) groups is 2. The van der Waals surface area contributed by atoms with Crippen LogP contribution < -0.4 is 9.64 Å². The van der Waals surface area contributed by atoms with E-state index in [4.69, 9.17) is 14.2 Å². The fourth-order valence-electron chi connectivity index (χ4n) is 3.29. The van der Waals surface area contributed by atoms with Crippen molar-refractivity contribution in [2.24, 2.45) is 0 Å². The Morgan fingerprint density at radius 3 is 2.48 bits per heavy atom. The van der Waals surface area contributed by atoms with Crippen molar-refractivity contribution < 1.29 is 23.8 Å². The molecular weight excluding hydrogens is 400 g/mol. The van der Waals surface area contributed by atoms with Crippen LogP contribution in [0.4, 0.5) is 10.6 Å². The van der Waals surface area contributed by atoms with Gasteiger partial charge in [0.15, 0.2) is 0 Å². The minimum atomic E-state index is -0.740. The molecule has 2 amide bonds. The number of aromatic nitrogens is 1. The molecule has 9 nitrogen and oxygen atoms in total. The first kappa shape index (κ1) is 22.7. The molecule has 166 valence electrons. The molecule has 3 rings (SSSR count). The SMILES string of the molecule is COC(OC)c1nc(N(C)C(=O)Oc2ccccc2)ccc1CN1CCN(C)CC1=O. The lowest BCUT2D eigenvalue weighted by molar-refractivity contribution is -0.136. The molecule has 0 radical (unpaired) electrons. The van der Waals surface area contributed by atoms with E-state index in [0.29, 0.717) is 36.9 Å². The fraction of sp³-hybridized carbons (Fsp3) is 0.409. The maximum absolute atomic E-state index is 12.6. The van der Waals surface area contributed by atoms with Crippen LogP contribution in [0.2, 0.25) is 0 Å². The molecule has 1 aromatic carbocycles. The first-order valence-electron chi connectivity index (χ1n) is 9.95. The predicted molar refractivity (Wildman–Crippen MR) is 115 cm³/mol. The van der Waals surface area contributed by atoms with Crippen LogP contribution in [0.1, 0.15) is 17.5 Å². The number of benzene rings is 1. The molecule has 1 aliphatic heterocycles. The van der Waals surface area contributed by atoms with Crippen LogP contribution in [-0.2, 0) is 20.8 Å². The Labute approximate surface area is 182 Å². The highest BCUT2D eigenvalue weighted by Crippen LogP contribution is 2.25. The number of amides is 2. The minimum Gasteiger partial charge on any atom is -0.410 e. The van der Waals surface area contributed by atoms with E-state index in [1.807, 2.05) is 24.1 Å². The summed E-state index contributed by atoms with van der Waals surface area (Å²) in [4.78, 5) is 34.6. The van der Waals surface area contributed by atoms with Gasteiger partial charge in [0, 0.05) is 40.9 Å². The Morgan fingerprint density at radius 1 is 1.13 bits per heavy atom. The average Bonchev–Trinajstić information content (AvgIpc) is 2.77. The molecule has 0 N–H and O–H groups in total. The molecule has 2 heterocycles. The Morgan fingerprint density at radius 2 is 1.84 bits per heavy atom. The molecule has 0 unspecified atom stereocenters. The molecule has 0 spiro atoms. The van der Waals surface area contributed by atoms with Gasteiger partial charge in [0.1, 0.15) is 17.3 Å². The number of nitrogens with zero attached hydrogens (tertiary/aromatic N) is 4. The molecule has 1 fully saturated rings. The molecule has 0 bridgehead atoms. The monoisotopic (exact) mass is 428 g/mol. The normalized spacial score (nSPS) is 14.7. The van der Waals surface area contributed by atoms with E-state index < -0.39 is 12.4 Å². The molecule has 31 heavy (non-hydrogen) atoms. The van der Waals surface area contributed by atoms with Crippen molar-refractivity contribution in [1.29, 1.82) is 0 Å². The van der Waals surface area contributed by atoms with E-state index in [2.05, 4.69) is 4.98 Å². The van der Waals surface area contributed by atoms with Crippen LogP contribution in [-0.4, -0.2) is 74.7 Å². The van der Waals surface area contributed by atoms with E-state index in [0.717, 1.165) is 12.1 Å². The molecule has 0 atom stereocenters. The van der Waals surface area contributed by atoms with Gasteiger partial charge in [-0.15, -0.1) is 0 Å². The van der Waals surface area contributed by atoms with Crippen molar-refractivity contribution in [2.45, 2.75) is 12.8 Å². The van der Waals surface area contributed by atoms with Gasteiger partial charge >= 0.3 is 6.09 Å². The third-order valence-electron chi connectivity index (χ3n) is 5.09. The van der Waals surface area contributed by atoms with Crippen molar-refractivity contribution in [3.63, 3.8) is 0 Å². The first-order valence-corrected chi connectivity index (χ1v) is 9.95. The molecule has 9 heteroatoms.